The van der Waals surface area contributed by atoms with Crippen molar-refractivity contribution >= 4 is 5.91 Å². The van der Waals surface area contributed by atoms with Crippen LogP contribution in [0.25, 0.3) is 0 Å². The Balaban J connectivity index is 1.73. The molecule has 0 aromatic heterocycles. The number of nitrogens with zero attached hydrogens (tertiary/aromatic N) is 1. The first kappa shape index (κ1) is 14.8. The fraction of sp³-hybridized carbons (Fsp3) is 0.929. The van der Waals surface area contributed by atoms with Crippen LogP contribution in [-0.4, -0.2) is 62.4 Å². The SMILES string of the molecule is CC(C)(C(=O)NCCC1CCOC1)N1CCOCC1. The topological polar surface area (TPSA) is 50.8 Å². The van der Waals surface area contributed by atoms with Crippen LogP contribution in [0, 0.1) is 5.92 Å². The second-order valence-corrected chi connectivity index (χ2v) is 5.93. The van der Waals surface area contributed by atoms with Crippen molar-refractivity contribution in [2.45, 2.75) is 32.2 Å². The van der Waals surface area contributed by atoms with Crippen molar-refractivity contribution in [1.82, 2.24) is 10.2 Å². The largest absolute Gasteiger partial charge is 0.381 e. The molecule has 0 bridgehead atoms. The number of morpholine rings is 1. The molecule has 1 unspecified atom stereocenters. The van der Waals surface area contributed by atoms with Gasteiger partial charge in [0.2, 0.25) is 5.91 Å². The molecule has 2 saturated heterocycles. The Morgan fingerprint density at radius 3 is 2.63 bits per heavy atom. The van der Waals surface area contributed by atoms with Crippen molar-refractivity contribution < 1.29 is 14.3 Å². The van der Waals surface area contributed by atoms with Crippen molar-refractivity contribution in [1.29, 1.82) is 0 Å². The van der Waals surface area contributed by atoms with Gasteiger partial charge in [0.25, 0.3) is 0 Å². The number of hydrogen-bond donors (Lipinski definition) is 1. The van der Waals surface area contributed by atoms with Crippen LogP contribution < -0.4 is 5.32 Å². The molecule has 5 heteroatoms. The van der Waals surface area contributed by atoms with Gasteiger partial charge in [0.1, 0.15) is 0 Å². The van der Waals surface area contributed by atoms with E-state index in [0.29, 0.717) is 5.92 Å². The maximum absolute atomic E-state index is 12.3. The van der Waals surface area contributed by atoms with Gasteiger partial charge in [-0.05, 0) is 32.6 Å². The van der Waals surface area contributed by atoms with Gasteiger partial charge in [-0.3, -0.25) is 9.69 Å². The number of nitrogens with one attached hydrogen (secondary N) is 1. The molecular weight excluding hydrogens is 244 g/mol. The normalized spacial score (nSPS) is 25.5. The van der Waals surface area contributed by atoms with Gasteiger partial charge in [0.15, 0.2) is 0 Å². The predicted octanol–water partition coefficient (Wildman–Crippen LogP) is 0.640. The standard InChI is InChI=1S/C14H26N2O3/c1-14(2,16-6-9-18-10-7-16)13(17)15-5-3-12-4-8-19-11-12/h12H,3-11H2,1-2H3,(H,15,17). The lowest BCUT2D eigenvalue weighted by atomic mass is 10.00. The molecule has 0 spiro atoms. The van der Waals surface area contributed by atoms with Gasteiger partial charge < -0.3 is 14.8 Å². The van der Waals surface area contributed by atoms with E-state index in [2.05, 4.69) is 10.2 Å². The molecule has 0 aromatic rings. The number of carbonyl (C=O) groups is 1. The number of amides is 1. The number of hydrogen-bond acceptors (Lipinski definition) is 4. The van der Waals surface area contributed by atoms with E-state index in [0.717, 1.165) is 58.9 Å². The van der Waals surface area contributed by atoms with E-state index in [4.69, 9.17) is 9.47 Å². The highest BCUT2D eigenvalue weighted by Gasteiger charge is 2.35. The third-order valence-electron chi connectivity index (χ3n) is 4.22. The maximum atomic E-state index is 12.3. The first-order valence-corrected chi connectivity index (χ1v) is 7.29. The summed E-state index contributed by atoms with van der Waals surface area (Å²) in [6, 6.07) is 0. The summed E-state index contributed by atoms with van der Waals surface area (Å²) < 4.78 is 10.7. The Labute approximate surface area is 115 Å². The van der Waals surface area contributed by atoms with Crippen molar-refractivity contribution in [2.24, 2.45) is 5.92 Å². The monoisotopic (exact) mass is 270 g/mol. The first-order chi connectivity index (χ1) is 9.10. The highest BCUT2D eigenvalue weighted by atomic mass is 16.5. The molecule has 19 heavy (non-hydrogen) atoms. The molecule has 2 rings (SSSR count). The minimum absolute atomic E-state index is 0.119. The molecule has 2 heterocycles. The zero-order chi connectivity index (χ0) is 13.7. The molecule has 1 atom stereocenters. The van der Waals surface area contributed by atoms with E-state index >= 15 is 0 Å². The minimum atomic E-state index is -0.448. The highest BCUT2D eigenvalue weighted by molar-refractivity contribution is 5.85. The molecule has 0 aromatic carbocycles. The molecule has 110 valence electrons. The summed E-state index contributed by atoms with van der Waals surface area (Å²) in [6.07, 6.45) is 2.15. The molecule has 0 saturated carbocycles. The molecule has 1 N–H and O–H groups in total. The van der Waals surface area contributed by atoms with Crippen molar-refractivity contribution in [3.8, 4) is 0 Å². The minimum Gasteiger partial charge on any atom is -0.381 e. The quantitative estimate of drug-likeness (QED) is 0.796. The van der Waals surface area contributed by atoms with Crippen molar-refractivity contribution in [2.75, 3.05) is 46.1 Å². The Kier molecular flexibility index (Phi) is 5.19. The van der Waals surface area contributed by atoms with Gasteiger partial charge in [-0.15, -0.1) is 0 Å². The summed E-state index contributed by atoms with van der Waals surface area (Å²) in [7, 11) is 0. The summed E-state index contributed by atoms with van der Waals surface area (Å²) in [5.74, 6) is 0.736. The molecule has 2 fully saturated rings. The fourth-order valence-electron chi connectivity index (χ4n) is 2.68. The van der Waals surface area contributed by atoms with Crippen LogP contribution in [0.15, 0.2) is 0 Å². The number of ether oxygens (including phenoxy) is 2. The number of rotatable bonds is 5. The van der Waals surface area contributed by atoms with Crippen LogP contribution in [0.5, 0.6) is 0 Å². The third-order valence-corrected chi connectivity index (χ3v) is 4.22. The van der Waals surface area contributed by atoms with Crippen LogP contribution >= 0.6 is 0 Å². The second kappa shape index (κ2) is 6.68. The van der Waals surface area contributed by atoms with Crippen LogP contribution in [0.3, 0.4) is 0 Å². The average Bonchev–Trinajstić information content (AvgIpc) is 2.93. The second-order valence-electron chi connectivity index (χ2n) is 5.93. The van der Waals surface area contributed by atoms with E-state index in [1.807, 2.05) is 13.8 Å². The van der Waals surface area contributed by atoms with E-state index < -0.39 is 5.54 Å². The molecule has 2 aliphatic heterocycles. The van der Waals surface area contributed by atoms with Gasteiger partial charge in [-0.1, -0.05) is 0 Å². The Morgan fingerprint density at radius 2 is 2.00 bits per heavy atom. The van der Waals surface area contributed by atoms with Gasteiger partial charge in [0, 0.05) is 32.8 Å². The fourth-order valence-corrected chi connectivity index (χ4v) is 2.68. The molecule has 1 amide bonds. The van der Waals surface area contributed by atoms with Crippen LogP contribution in [0.2, 0.25) is 0 Å². The van der Waals surface area contributed by atoms with Gasteiger partial charge in [-0.2, -0.15) is 0 Å². The zero-order valence-corrected chi connectivity index (χ0v) is 12.1. The summed E-state index contributed by atoms with van der Waals surface area (Å²) in [6.45, 7) is 9.56. The smallest absolute Gasteiger partial charge is 0.239 e. The van der Waals surface area contributed by atoms with Crippen molar-refractivity contribution in [3.63, 3.8) is 0 Å². The van der Waals surface area contributed by atoms with E-state index in [1.54, 1.807) is 0 Å². The molecule has 0 aliphatic carbocycles. The predicted molar refractivity (Wildman–Crippen MR) is 73.0 cm³/mol. The summed E-state index contributed by atoms with van der Waals surface area (Å²) >= 11 is 0. The Hall–Kier alpha value is -0.650. The average molecular weight is 270 g/mol. The lowest BCUT2D eigenvalue weighted by Crippen LogP contribution is -2.58. The molecular formula is C14H26N2O3. The zero-order valence-electron chi connectivity index (χ0n) is 12.1. The van der Waals surface area contributed by atoms with Crippen LogP contribution in [-0.2, 0) is 14.3 Å². The highest BCUT2D eigenvalue weighted by Crippen LogP contribution is 2.18. The Bertz CT molecular complexity index is 295. The van der Waals surface area contributed by atoms with Gasteiger partial charge in [-0.25, -0.2) is 0 Å². The maximum Gasteiger partial charge on any atom is 0.239 e. The van der Waals surface area contributed by atoms with Crippen LogP contribution in [0.1, 0.15) is 26.7 Å². The van der Waals surface area contributed by atoms with E-state index in [-0.39, 0.29) is 5.91 Å². The molecule has 2 aliphatic rings. The number of carbonyl (C=O) groups excluding carboxylic acids is 1. The van der Waals surface area contributed by atoms with Crippen LogP contribution in [0.4, 0.5) is 0 Å². The first-order valence-electron chi connectivity index (χ1n) is 7.29. The molecule has 5 nitrogen and oxygen atoms in total. The summed E-state index contributed by atoms with van der Waals surface area (Å²) in [5, 5.41) is 3.07. The van der Waals surface area contributed by atoms with Gasteiger partial charge in [0.05, 0.1) is 18.8 Å². The molecule has 0 radical (unpaired) electrons. The van der Waals surface area contributed by atoms with Gasteiger partial charge >= 0.3 is 0 Å². The Morgan fingerprint density at radius 1 is 1.26 bits per heavy atom. The van der Waals surface area contributed by atoms with E-state index in [1.165, 1.54) is 0 Å². The lowest BCUT2D eigenvalue weighted by Gasteiger charge is -2.39. The van der Waals surface area contributed by atoms with E-state index in [9.17, 15) is 4.79 Å². The third kappa shape index (κ3) is 3.91. The summed E-state index contributed by atoms with van der Waals surface area (Å²) in [5.41, 5.74) is -0.448. The summed E-state index contributed by atoms with van der Waals surface area (Å²) in [4.78, 5) is 14.5. The lowest BCUT2D eigenvalue weighted by molar-refractivity contribution is -0.134. The van der Waals surface area contributed by atoms with Crippen molar-refractivity contribution in [3.05, 3.63) is 0 Å².